The first-order valence-corrected chi connectivity index (χ1v) is 6.84. The Kier molecular flexibility index (Phi) is 6.54. The van der Waals surface area contributed by atoms with Crippen LogP contribution in [-0.4, -0.2) is 35.2 Å². The second-order valence-electron chi connectivity index (χ2n) is 4.51. The van der Waals surface area contributed by atoms with Crippen LogP contribution in [0.1, 0.15) is 32.3 Å². The average Bonchev–Trinajstić information content (AvgIpc) is 2.48. The number of hydrogen-bond acceptors (Lipinski definition) is 3. The van der Waals surface area contributed by atoms with Crippen LogP contribution in [-0.2, 0) is 0 Å². The number of carbonyl (C=O) groups is 1. The molecule has 0 saturated heterocycles. The predicted molar refractivity (Wildman–Crippen MR) is 78.3 cm³/mol. The van der Waals surface area contributed by atoms with Gasteiger partial charge in [-0.15, -0.1) is 0 Å². The third-order valence-electron chi connectivity index (χ3n) is 3.25. The van der Waals surface area contributed by atoms with Crippen molar-refractivity contribution >= 4 is 11.7 Å². The zero-order chi connectivity index (χ0) is 15.0. The van der Waals surface area contributed by atoms with Crippen molar-refractivity contribution in [2.75, 3.05) is 18.5 Å². The molecule has 0 bridgehead atoms. The molecule has 0 saturated carbocycles. The number of carbonyl (C=O) groups excluding carboxylic acids is 1. The molecule has 0 atom stereocenters. The van der Waals surface area contributed by atoms with Crippen LogP contribution >= 0.6 is 0 Å². The lowest BCUT2D eigenvalue weighted by molar-refractivity contribution is 0.158. The van der Waals surface area contributed by atoms with Gasteiger partial charge < -0.3 is 15.3 Å². The second kappa shape index (κ2) is 8.18. The van der Waals surface area contributed by atoms with Crippen LogP contribution in [0.2, 0.25) is 0 Å². The molecule has 2 amide bonds. The summed E-state index contributed by atoms with van der Waals surface area (Å²) < 4.78 is 0. The van der Waals surface area contributed by atoms with E-state index in [0.29, 0.717) is 17.8 Å². The van der Waals surface area contributed by atoms with Gasteiger partial charge in [-0.1, -0.05) is 13.8 Å². The molecule has 1 rings (SSSR count). The molecule has 108 valence electrons. The van der Waals surface area contributed by atoms with Crippen LogP contribution < -0.4 is 5.32 Å². The molecule has 0 radical (unpaired) electrons. The van der Waals surface area contributed by atoms with Gasteiger partial charge in [0.15, 0.2) is 0 Å². The van der Waals surface area contributed by atoms with Gasteiger partial charge in [-0.05, 0) is 37.1 Å². The summed E-state index contributed by atoms with van der Waals surface area (Å²) in [6, 6.07) is 8.62. The number of anilines is 1. The van der Waals surface area contributed by atoms with E-state index >= 15 is 0 Å². The molecule has 2 N–H and O–H groups in total. The van der Waals surface area contributed by atoms with E-state index in [4.69, 9.17) is 10.4 Å². The molecule has 0 aliphatic carbocycles. The lowest BCUT2D eigenvalue weighted by atomic mass is 10.1. The number of rotatable bonds is 6. The molecule has 0 fully saturated rings. The molecule has 1 aromatic carbocycles. The number of benzene rings is 1. The number of nitrogens with zero attached hydrogens (tertiary/aromatic N) is 2. The fourth-order valence-electron chi connectivity index (χ4n) is 2.11. The molecule has 20 heavy (non-hydrogen) atoms. The fourth-order valence-corrected chi connectivity index (χ4v) is 2.11. The van der Waals surface area contributed by atoms with Crippen LogP contribution in [0.4, 0.5) is 10.5 Å². The van der Waals surface area contributed by atoms with Crippen molar-refractivity contribution in [2.24, 2.45) is 0 Å². The molecule has 0 spiro atoms. The lowest BCUT2D eigenvalue weighted by Gasteiger charge is -2.30. The summed E-state index contributed by atoms with van der Waals surface area (Å²) in [6.07, 6.45) is 1.69. The Morgan fingerprint density at radius 1 is 1.35 bits per heavy atom. The van der Waals surface area contributed by atoms with Crippen molar-refractivity contribution in [3.8, 4) is 6.07 Å². The third-order valence-corrected chi connectivity index (χ3v) is 3.25. The van der Waals surface area contributed by atoms with Gasteiger partial charge >= 0.3 is 6.03 Å². The summed E-state index contributed by atoms with van der Waals surface area (Å²) in [6.45, 7) is 4.30. The molecule has 0 aliphatic heterocycles. The topological polar surface area (TPSA) is 76.4 Å². The summed E-state index contributed by atoms with van der Waals surface area (Å²) in [7, 11) is 0. The van der Waals surface area contributed by atoms with E-state index in [9.17, 15) is 4.79 Å². The van der Waals surface area contributed by atoms with Crippen LogP contribution in [0.5, 0.6) is 0 Å². The Balaban J connectivity index is 2.76. The van der Waals surface area contributed by atoms with Crippen LogP contribution in [0.3, 0.4) is 0 Å². The maximum atomic E-state index is 12.3. The quantitative estimate of drug-likeness (QED) is 0.837. The van der Waals surface area contributed by atoms with Crippen molar-refractivity contribution in [1.29, 1.82) is 5.26 Å². The highest BCUT2D eigenvalue weighted by atomic mass is 16.3. The molecule has 5 heteroatoms. The van der Waals surface area contributed by atoms with Crippen LogP contribution in [0.25, 0.3) is 0 Å². The number of aliphatic hydroxyl groups excluding tert-OH is 1. The van der Waals surface area contributed by atoms with Gasteiger partial charge in [0, 0.05) is 18.3 Å². The van der Waals surface area contributed by atoms with E-state index in [1.807, 2.05) is 19.9 Å². The Bertz CT molecular complexity index is 461. The number of nitriles is 1. The summed E-state index contributed by atoms with van der Waals surface area (Å²) >= 11 is 0. The SMILES string of the molecule is CCC(CC)N(CCO)C(=O)Nc1ccc(C#N)cc1. The summed E-state index contributed by atoms with van der Waals surface area (Å²) in [5, 5.41) is 20.6. The van der Waals surface area contributed by atoms with Gasteiger partial charge in [0.2, 0.25) is 0 Å². The highest BCUT2D eigenvalue weighted by molar-refractivity contribution is 5.89. The predicted octanol–water partition coefficient (Wildman–Crippen LogP) is 2.57. The smallest absolute Gasteiger partial charge is 0.322 e. The first-order chi connectivity index (χ1) is 9.65. The minimum atomic E-state index is -0.225. The zero-order valence-electron chi connectivity index (χ0n) is 12.0. The standard InChI is InChI=1S/C15H21N3O2/c1-3-14(4-2)18(9-10-19)15(20)17-13-7-5-12(11-16)6-8-13/h5-8,14,19H,3-4,9-10H2,1-2H3,(H,17,20). The summed E-state index contributed by atoms with van der Waals surface area (Å²) in [4.78, 5) is 13.9. The highest BCUT2D eigenvalue weighted by Gasteiger charge is 2.20. The Hall–Kier alpha value is -2.06. The molecule has 1 aromatic rings. The number of urea groups is 1. The summed E-state index contributed by atoms with van der Waals surface area (Å²) in [5.74, 6) is 0. The number of aliphatic hydroxyl groups is 1. The normalized spacial score (nSPS) is 10.2. The molecule has 0 aromatic heterocycles. The third kappa shape index (κ3) is 4.25. The number of nitrogens with one attached hydrogen (secondary N) is 1. The van der Waals surface area contributed by atoms with Gasteiger partial charge in [-0.25, -0.2) is 4.79 Å². The molecular formula is C15H21N3O2. The zero-order valence-corrected chi connectivity index (χ0v) is 12.0. The van der Waals surface area contributed by atoms with Crippen LogP contribution in [0, 0.1) is 11.3 Å². The van der Waals surface area contributed by atoms with Gasteiger partial charge in [0.05, 0.1) is 18.2 Å². The van der Waals surface area contributed by atoms with Crippen molar-refractivity contribution in [3.63, 3.8) is 0 Å². The maximum Gasteiger partial charge on any atom is 0.322 e. The van der Waals surface area contributed by atoms with E-state index in [-0.39, 0.29) is 18.7 Å². The van der Waals surface area contributed by atoms with Crippen molar-refractivity contribution in [1.82, 2.24) is 4.90 Å². The van der Waals surface area contributed by atoms with E-state index < -0.39 is 0 Å². The summed E-state index contributed by atoms with van der Waals surface area (Å²) in [5.41, 5.74) is 1.19. The molecular weight excluding hydrogens is 254 g/mol. The molecule has 0 unspecified atom stereocenters. The minimum Gasteiger partial charge on any atom is -0.395 e. The monoisotopic (exact) mass is 275 g/mol. The lowest BCUT2D eigenvalue weighted by Crippen LogP contribution is -2.44. The first-order valence-electron chi connectivity index (χ1n) is 6.84. The van der Waals surface area contributed by atoms with Crippen molar-refractivity contribution < 1.29 is 9.90 Å². The molecule has 5 nitrogen and oxygen atoms in total. The Morgan fingerprint density at radius 2 is 1.95 bits per heavy atom. The highest BCUT2D eigenvalue weighted by Crippen LogP contribution is 2.13. The van der Waals surface area contributed by atoms with E-state index in [1.54, 1.807) is 29.2 Å². The molecule has 0 aliphatic rings. The Labute approximate surface area is 119 Å². The maximum absolute atomic E-state index is 12.3. The second-order valence-corrected chi connectivity index (χ2v) is 4.51. The van der Waals surface area contributed by atoms with E-state index in [2.05, 4.69) is 5.32 Å². The van der Waals surface area contributed by atoms with E-state index in [1.165, 1.54) is 0 Å². The number of hydrogen-bond donors (Lipinski definition) is 2. The van der Waals surface area contributed by atoms with Crippen LogP contribution in [0.15, 0.2) is 24.3 Å². The fraction of sp³-hybridized carbons (Fsp3) is 0.467. The largest absolute Gasteiger partial charge is 0.395 e. The average molecular weight is 275 g/mol. The van der Waals surface area contributed by atoms with Gasteiger partial charge in [0.25, 0.3) is 0 Å². The van der Waals surface area contributed by atoms with E-state index in [0.717, 1.165) is 12.8 Å². The Morgan fingerprint density at radius 3 is 2.40 bits per heavy atom. The van der Waals surface area contributed by atoms with Crippen molar-refractivity contribution in [3.05, 3.63) is 29.8 Å². The van der Waals surface area contributed by atoms with Gasteiger partial charge in [-0.2, -0.15) is 5.26 Å². The van der Waals surface area contributed by atoms with Gasteiger partial charge in [0.1, 0.15) is 0 Å². The number of amides is 2. The van der Waals surface area contributed by atoms with Gasteiger partial charge in [-0.3, -0.25) is 0 Å². The molecule has 0 heterocycles. The van der Waals surface area contributed by atoms with Crippen molar-refractivity contribution in [2.45, 2.75) is 32.7 Å². The first kappa shape index (κ1) is 16.0. The minimum absolute atomic E-state index is 0.0582.